The van der Waals surface area contributed by atoms with Crippen molar-refractivity contribution in [2.75, 3.05) is 0 Å². The zero-order chi connectivity index (χ0) is 17.9. The Balaban J connectivity index is 1.59. The highest BCUT2D eigenvalue weighted by molar-refractivity contribution is 5.76. The molecule has 2 aromatic rings. The van der Waals surface area contributed by atoms with E-state index in [9.17, 15) is 18.0 Å². The fourth-order valence-corrected chi connectivity index (χ4v) is 2.90. The topological polar surface area (TPSA) is 68.0 Å². The lowest BCUT2D eigenvalue weighted by atomic mass is 10.1. The molecule has 0 atom stereocenters. The maximum Gasteiger partial charge on any atom is 0.416 e. The molecule has 0 radical (unpaired) electrons. The summed E-state index contributed by atoms with van der Waals surface area (Å²) in [6.45, 7) is 0. The van der Waals surface area contributed by atoms with E-state index in [0.29, 0.717) is 0 Å². The molecule has 1 aromatic heterocycles. The van der Waals surface area contributed by atoms with Gasteiger partial charge >= 0.3 is 6.18 Å². The summed E-state index contributed by atoms with van der Waals surface area (Å²) in [4.78, 5) is 16.0. The van der Waals surface area contributed by atoms with Crippen LogP contribution < -0.4 is 5.32 Å². The third kappa shape index (κ3) is 4.58. The van der Waals surface area contributed by atoms with Crippen LogP contribution in [0.5, 0.6) is 0 Å². The molecule has 0 unspecified atom stereocenters. The zero-order valence-electron chi connectivity index (χ0n) is 13.5. The normalized spacial score (nSPS) is 15.5. The van der Waals surface area contributed by atoms with Crippen LogP contribution in [0, 0.1) is 0 Å². The number of aryl methyl sites for hydroxylation is 1. The predicted molar refractivity (Wildman–Crippen MR) is 83.5 cm³/mol. The Hall–Kier alpha value is -2.38. The number of benzene rings is 1. The third-order valence-electron chi connectivity index (χ3n) is 4.20. The Morgan fingerprint density at radius 1 is 1.28 bits per heavy atom. The molecule has 134 valence electrons. The average molecular weight is 353 g/mol. The highest BCUT2D eigenvalue weighted by Gasteiger charge is 2.30. The number of nitrogens with one attached hydrogen (secondary N) is 1. The minimum atomic E-state index is -4.43. The predicted octanol–water partition coefficient (Wildman–Crippen LogP) is 3.75. The van der Waals surface area contributed by atoms with E-state index >= 15 is 0 Å². The Bertz CT molecular complexity index is 737. The van der Waals surface area contributed by atoms with E-state index in [-0.39, 0.29) is 42.1 Å². The average Bonchev–Trinajstić information content (AvgIpc) is 3.24. The van der Waals surface area contributed by atoms with E-state index in [2.05, 4.69) is 15.5 Å². The number of nitrogens with zero attached hydrogens (tertiary/aromatic N) is 2. The van der Waals surface area contributed by atoms with E-state index in [1.165, 1.54) is 12.1 Å². The second-order valence-corrected chi connectivity index (χ2v) is 6.14. The molecule has 0 bridgehead atoms. The van der Waals surface area contributed by atoms with Crippen molar-refractivity contribution in [2.45, 2.75) is 50.7 Å². The van der Waals surface area contributed by atoms with Crippen LogP contribution in [0.15, 0.2) is 28.8 Å². The minimum absolute atomic E-state index is 0.0780. The number of hydrogen-bond donors (Lipinski definition) is 1. The lowest BCUT2D eigenvalue weighted by Crippen LogP contribution is -2.32. The Kier molecular flexibility index (Phi) is 5.06. The minimum Gasteiger partial charge on any atom is -0.353 e. The van der Waals surface area contributed by atoms with Crippen LogP contribution in [0.25, 0.3) is 11.4 Å². The van der Waals surface area contributed by atoms with Gasteiger partial charge in [0.05, 0.1) is 5.56 Å². The molecule has 1 amide bonds. The number of carbonyl (C=O) groups is 1. The number of alkyl halides is 3. The van der Waals surface area contributed by atoms with Gasteiger partial charge < -0.3 is 9.84 Å². The van der Waals surface area contributed by atoms with Gasteiger partial charge in [-0.05, 0) is 25.0 Å². The number of hydrogen-bond acceptors (Lipinski definition) is 4. The van der Waals surface area contributed by atoms with E-state index < -0.39 is 11.7 Å². The lowest BCUT2D eigenvalue weighted by Gasteiger charge is -2.10. The van der Waals surface area contributed by atoms with Gasteiger partial charge in [0.25, 0.3) is 0 Å². The molecule has 1 aliphatic carbocycles. The van der Waals surface area contributed by atoms with Gasteiger partial charge in [-0.3, -0.25) is 4.79 Å². The number of amides is 1. The quantitative estimate of drug-likeness (QED) is 0.889. The van der Waals surface area contributed by atoms with Crippen LogP contribution in [-0.2, 0) is 17.4 Å². The summed E-state index contributed by atoms with van der Waals surface area (Å²) in [5.41, 5.74) is -0.549. The van der Waals surface area contributed by atoms with Crippen molar-refractivity contribution >= 4 is 5.91 Å². The molecule has 0 spiro atoms. The van der Waals surface area contributed by atoms with E-state index in [4.69, 9.17) is 4.52 Å². The highest BCUT2D eigenvalue weighted by Crippen LogP contribution is 2.31. The number of rotatable bonds is 5. The van der Waals surface area contributed by atoms with Crippen molar-refractivity contribution in [2.24, 2.45) is 0 Å². The first-order valence-electron chi connectivity index (χ1n) is 8.21. The van der Waals surface area contributed by atoms with Gasteiger partial charge in [0.15, 0.2) is 0 Å². The van der Waals surface area contributed by atoms with Crippen molar-refractivity contribution in [1.29, 1.82) is 0 Å². The number of aromatic nitrogens is 2. The summed E-state index contributed by atoms with van der Waals surface area (Å²) in [5.74, 6) is 0.233. The smallest absolute Gasteiger partial charge is 0.353 e. The molecule has 1 aromatic carbocycles. The molecule has 1 aliphatic rings. The van der Waals surface area contributed by atoms with E-state index in [0.717, 1.165) is 37.8 Å². The lowest BCUT2D eigenvalue weighted by molar-refractivity contribution is -0.137. The van der Waals surface area contributed by atoms with Crippen molar-refractivity contribution in [3.63, 3.8) is 0 Å². The SMILES string of the molecule is O=C(CCc1nc(-c2cccc(C(F)(F)F)c2)no1)NC1CCCC1. The largest absolute Gasteiger partial charge is 0.416 e. The van der Waals surface area contributed by atoms with Crippen LogP contribution in [0.1, 0.15) is 43.6 Å². The zero-order valence-corrected chi connectivity index (χ0v) is 13.5. The first-order chi connectivity index (χ1) is 11.9. The summed E-state index contributed by atoms with van der Waals surface area (Å²) >= 11 is 0. The number of halogens is 3. The molecule has 1 N–H and O–H groups in total. The Morgan fingerprint density at radius 2 is 2.04 bits per heavy atom. The summed E-state index contributed by atoms with van der Waals surface area (Å²) in [5, 5.41) is 6.66. The first kappa shape index (κ1) is 17.4. The molecule has 0 aliphatic heterocycles. The summed E-state index contributed by atoms with van der Waals surface area (Å²) in [6, 6.07) is 4.98. The molecule has 5 nitrogen and oxygen atoms in total. The van der Waals surface area contributed by atoms with Crippen molar-refractivity contribution in [3.05, 3.63) is 35.7 Å². The van der Waals surface area contributed by atoms with Gasteiger partial charge in [0.1, 0.15) is 0 Å². The van der Waals surface area contributed by atoms with Gasteiger partial charge in [0, 0.05) is 24.4 Å². The molecular formula is C17H18F3N3O2. The van der Waals surface area contributed by atoms with Gasteiger partial charge in [-0.2, -0.15) is 18.2 Å². The van der Waals surface area contributed by atoms with Gasteiger partial charge in [-0.25, -0.2) is 0 Å². The first-order valence-corrected chi connectivity index (χ1v) is 8.21. The molecule has 1 fully saturated rings. The van der Waals surface area contributed by atoms with Gasteiger partial charge in [0.2, 0.25) is 17.6 Å². The van der Waals surface area contributed by atoms with Crippen molar-refractivity contribution in [1.82, 2.24) is 15.5 Å². The van der Waals surface area contributed by atoms with E-state index in [1.54, 1.807) is 0 Å². The third-order valence-corrected chi connectivity index (χ3v) is 4.20. The molecule has 1 heterocycles. The maximum atomic E-state index is 12.8. The number of carbonyl (C=O) groups excluding carboxylic acids is 1. The summed E-state index contributed by atoms with van der Waals surface area (Å²) in [7, 11) is 0. The van der Waals surface area contributed by atoms with Crippen LogP contribution in [0.4, 0.5) is 13.2 Å². The monoisotopic (exact) mass is 353 g/mol. The van der Waals surface area contributed by atoms with Crippen LogP contribution >= 0.6 is 0 Å². The van der Waals surface area contributed by atoms with Crippen molar-refractivity contribution < 1.29 is 22.5 Å². The van der Waals surface area contributed by atoms with Crippen LogP contribution in [0.2, 0.25) is 0 Å². The maximum absolute atomic E-state index is 12.8. The summed E-state index contributed by atoms with van der Waals surface area (Å²) in [6.07, 6.45) is 0.314. The Morgan fingerprint density at radius 3 is 2.76 bits per heavy atom. The van der Waals surface area contributed by atoms with E-state index in [1.807, 2.05) is 0 Å². The molecule has 8 heteroatoms. The Labute approximate surface area is 142 Å². The molecular weight excluding hydrogens is 335 g/mol. The fraction of sp³-hybridized carbons (Fsp3) is 0.471. The molecule has 1 saturated carbocycles. The van der Waals surface area contributed by atoms with Crippen LogP contribution in [-0.4, -0.2) is 22.1 Å². The summed E-state index contributed by atoms with van der Waals surface area (Å²) < 4.78 is 43.3. The fourth-order valence-electron chi connectivity index (χ4n) is 2.90. The second-order valence-electron chi connectivity index (χ2n) is 6.14. The van der Waals surface area contributed by atoms with Crippen molar-refractivity contribution in [3.8, 4) is 11.4 Å². The van der Waals surface area contributed by atoms with Gasteiger partial charge in [-0.15, -0.1) is 0 Å². The highest BCUT2D eigenvalue weighted by atomic mass is 19.4. The standard InChI is InChI=1S/C17H18F3N3O2/c18-17(19,20)12-5-3-4-11(10-12)16-22-15(25-23-16)9-8-14(24)21-13-6-1-2-7-13/h3-5,10,13H,1-2,6-9H2,(H,21,24). The molecule has 25 heavy (non-hydrogen) atoms. The van der Waals surface area contributed by atoms with Crippen LogP contribution in [0.3, 0.4) is 0 Å². The van der Waals surface area contributed by atoms with Gasteiger partial charge in [-0.1, -0.05) is 30.1 Å². The molecule has 0 saturated heterocycles. The molecule has 3 rings (SSSR count). The second kappa shape index (κ2) is 7.25.